The van der Waals surface area contributed by atoms with Crippen LogP contribution in [-0.2, 0) is 0 Å². The van der Waals surface area contributed by atoms with Crippen molar-refractivity contribution in [2.24, 2.45) is 5.92 Å². The van der Waals surface area contributed by atoms with Gasteiger partial charge in [-0.25, -0.2) is 9.97 Å². The molecule has 1 heterocycles. The molecule has 0 unspecified atom stereocenters. The second kappa shape index (κ2) is 3.01. The zero-order valence-corrected chi connectivity index (χ0v) is 6.73. The lowest BCUT2D eigenvalue weighted by Gasteiger charge is -2.23. The molecule has 1 aliphatic carbocycles. The maximum Gasteiger partial charge on any atom is 0.169 e. The van der Waals surface area contributed by atoms with E-state index in [1.165, 1.54) is 12.7 Å². The van der Waals surface area contributed by atoms with E-state index in [2.05, 4.69) is 9.97 Å². The summed E-state index contributed by atoms with van der Waals surface area (Å²) in [5.74, 6) is 0.456. The molecule has 1 aromatic heterocycles. The van der Waals surface area contributed by atoms with E-state index in [0.717, 1.165) is 12.8 Å². The Bertz CT molecular complexity index is 280. The maximum absolute atomic E-state index is 11.5. The fourth-order valence-electron chi connectivity index (χ4n) is 1.33. The van der Waals surface area contributed by atoms with Gasteiger partial charge < -0.3 is 0 Å². The van der Waals surface area contributed by atoms with Gasteiger partial charge in [0.25, 0.3) is 0 Å². The molecule has 1 aromatic rings. The van der Waals surface area contributed by atoms with Gasteiger partial charge in [0.15, 0.2) is 5.78 Å². The fourth-order valence-corrected chi connectivity index (χ4v) is 1.33. The Hall–Kier alpha value is -1.25. The van der Waals surface area contributed by atoms with Crippen LogP contribution in [-0.4, -0.2) is 15.8 Å². The second-order valence-corrected chi connectivity index (χ2v) is 3.12. The molecule has 1 aliphatic rings. The number of hydrogen-bond acceptors (Lipinski definition) is 3. The van der Waals surface area contributed by atoms with Crippen molar-refractivity contribution in [2.75, 3.05) is 0 Å². The molecule has 0 amide bonds. The molecule has 0 spiro atoms. The van der Waals surface area contributed by atoms with E-state index in [9.17, 15) is 4.79 Å². The molecule has 62 valence electrons. The molecule has 0 atom stereocenters. The summed E-state index contributed by atoms with van der Waals surface area (Å²) >= 11 is 0. The molecule has 0 aromatic carbocycles. The van der Waals surface area contributed by atoms with E-state index in [1.54, 1.807) is 12.4 Å². The third-order valence-corrected chi connectivity index (χ3v) is 2.32. The lowest BCUT2D eigenvalue weighted by atomic mass is 9.80. The average molecular weight is 162 g/mol. The van der Waals surface area contributed by atoms with Crippen LogP contribution in [0.2, 0.25) is 0 Å². The number of carbonyl (C=O) groups excluding carboxylic acids is 1. The molecule has 0 bridgehead atoms. The van der Waals surface area contributed by atoms with E-state index in [4.69, 9.17) is 0 Å². The molecule has 3 nitrogen and oxygen atoms in total. The number of carbonyl (C=O) groups is 1. The molecule has 12 heavy (non-hydrogen) atoms. The molecule has 0 N–H and O–H groups in total. The summed E-state index contributed by atoms with van der Waals surface area (Å²) in [6, 6.07) is 0. The predicted octanol–water partition coefficient (Wildman–Crippen LogP) is 1.46. The Balaban J connectivity index is 2.14. The summed E-state index contributed by atoms with van der Waals surface area (Å²) < 4.78 is 0. The highest BCUT2D eigenvalue weighted by atomic mass is 16.1. The Kier molecular flexibility index (Phi) is 1.86. The summed E-state index contributed by atoms with van der Waals surface area (Å²) in [5, 5.41) is 0. The molecule has 1 saturated carbocycles. The van der Waals surface area contributed by atoms with Crippen molar-refractivity contribution < 1.29 is 4.79 Å². The number of hydrogen-bond donors (Lipinski definition) is 0. The molecule has 1 fully saturated rings. The van der Waals surface area contributed by atoms with Crippen molar-refractivity contribution in [3.8, 4) is 0 Å². The van der Waals surface area contributed by atoms with Gasteiger partial charge in [0.2, 0.25) is 0 Å². The monoisotopic (exact) mass is 162 g/mol. The molecular weight excluding hydrogens is 152 g/mol. The van der Waals surface area contributed by atoms with Crippen LogP contribution in [0.25, 0.3) is 0 Å². The minimum Gasteiger partial charge on any atom is -0.294 e. The summed E-state index contributed by atoms with van der Waals surface area (Å²) in [6.07, 6.45) is 7.88. The number of rotatable bonds is 2. The van der Waals surface area contributed by atoms with Gasteiger partial charge in [-0.2, -0.15) is 0 Å². The summed E-state index contributed by atoms with van der Waals surface area (Å²) in [5.41, 5.74) is 0.655. The SMILES string of the molecule is O=C(c1cncnc1)C1CCC1. The van der Waals surface area contributed by atoms with Crippen molar-refractivity contribution in [3.63, 3.8) is 0 Å². The van der Waals surface area contributed by atoms with Crippen molar-refractivity contribution in [2.45, 2.75) is 19.3 Å². The van der Waals surface area contributed by atoms with Crippen molar-refractivity contribution in [3.05, 3.63) is 24.3 Å². The molecule has 0 aliphatic heterocycles. The second-order valence-electron chi connectivity index (χ2n) is 3.12. The summed E-state index contributed by atoms with van der Waals surface area (Å²) in [7, 11) is 0. The van der Waals surface area contributed by atoms with Gasteiger partial charge in [-0.3, -0.25) is 4.79 Å². The first-order valence-electron chi connectivity index (χ1n) is 4.17. The predicted molar refractivity (Wildman–Crippen MR) is 43.7 cm³/mol. The minimum absolute atomic E-state index is 0.210. The van der Waals surface area contributed by atoms with Crippen LogP contribution in [0.1, 0.15) is 29.6 Å². The smallest absolute Gasteiger partial charge is 0.169 e. The van der Waals surface area contributed by atoms with Crippen molar-refractivity contribution in [1.29, 1.82) is 0 Å². The highest BCUT2D eigenvalue weighted by Gasteiger charge is 2.26. The Morgan fingerprint density at radius 2 is 2.00 bits per heavy atom. The summed E-state index contributed by atoms with van der Waals surface area (Å²) in [6.45, 7) is 0. The lowest BCUT2D eigenvalue weighted by molar-refractivity contribution is 0.0854. The first kappa shape index (κ1) is 7.40. The quantitative estimate of drug-likeness (QED) is 0.618. The van der Waals surface area contributed by atoms with E-state index in [0.29, 0.717) is 5.56 Å². The van der Waals surface area contributed by atoms with Crippen molar-refractivity contribution >= 4 is 5.78 Å². The zero-order chi connectivity index (χ0) is 8.39. The van der Waals surface area contributed by atoms with Gasteiger partial charge in [-0.1, -0.05) is 6.42 Å². The van der Waals surface area contributed by atoms with E-state index in [-0.39, 0.29) is 11.7 Å². The standard InChI is InChI=1S/C9H10N2O/c12-9(7-2-1-3-7)8-4-10-6-11-5-8/h4-7H,1-3H2. The number of ketones is 1. The largest absolute Gasteiger partial charge is 0.294 e. The third kappa shape index (κ3) is 1.22. The number of Topliss-reactive ketones (excluding diaryl/α,β-unsaturated/α-hetero) is 1. The van der Waals surface area contributed by atoms with Crippen LogP contribution in [0.4, 0.5) is 0 Å². The van der Waals surface area contributed by atoms with Gasteiger partial charge >= 0.3 is 0 Å². The Labute approximate surface area is 70.9 Å². The van der Waals surface area contributed by atoms with Gasteiger partial charge in [0, 0.05) is 18.3 Å². The highest BCUT2D eigenvalue weighted by Crippen LogP contribution is 2.29. The molecule has 2 rings (SSSR count). The van der Waals surface area contributed by atoms with Crippen LogP contribution < -0.4 is 0 Å². The maximum atomic E-state index is 11.5. The van der Waals surface area contributed by atoms with Gasteiger partial charge in [0.05, 0.1) is 5.56 Å². The van der Waals surface area contributed by atoms with Gasteiger partial charge in [-0.15, -0.1) is 0 Å². The molecule has 0 saturated heterocycles. The van der Waals surface area contributed by atoms with Crippen LogP contribution in [0.5, 0.6) is 0 Å². The molecular formula is C9H10N2O. The molecule has 3 heteroatoms. The van der Waals surface area contributed by atoms with Crippen LogP contribution in [0.15, 0.2) is 18.7 Å². The van der Waals surface area contributed by atoms with Crippen molar-refractivity contribution in [1.82, 2.24) is 9.97 Å². The lowest BCUT2D eigenvalue weighted by Crippen LogP contribution is -2.22. The van der Waals surface area contributed by atoms with E-state index >= 15 is 0 Å². The fraction of sp³-hybridized carbons (Fsp3) is 0.444. The van der Waals surface area contributed by atoms with Crippen LogP contribution in [0, 0.1) is 5.92 Å². The first-order valence-corrected chi connectivity index (χ1v) is 4.17. The van der Waals surface area contributed by atoms with Gasteiger partial charge in [-0.05, 0) is 12.8 Å². The Morgan fingerprint density at radius 1 is 1.33 bits per heavy atom. The highest BCUT2D eigenvalue weighted by molar-refractivity contribution is 5.97. The topological polar surface area (TPSA) is 42.9 Å². The van der Waals surface area contributed by atoms with Gasteiger partial charge in [0.1, 0.15) is 6.33 Å². The normalized spacial score (nSPS) is 17.0. The van der Waals surface area contributed by atoms with Crippen LogP contribution in [0.3, 0.4) is 0 Å². The molecule has 0 radical (unpaired) electrons. The third-order valence-electron chi connectivity index (χ3n) is 2.32. The van der Waals surface area contributed by atoms with E-state index in [1.807, 2.05) is 0 Å². The summed E-state index contributed by atoms with van der Waals surface area (Å²) in [4.78, 5) is 19.2. The van der Waals surface area contributed by atoms with E-state index < -0.39 is 0 Å². The minimum atomic E-state index is 0.210. The number of nitrogens with zero attached hydrogens (tertiary/aromatic N) is 2. The average Bonchev–Trinajstić information content (AvgIpc) is 2.03. The first-order chi connectivity index (χ1) is 5.88. The van der Waals surface area contributed by atoms with Crippen LogP contribution >= 0.6 is 0 Å². The number of aromatic nitrogens is 2. The Morgan fingerprint density at radius 3 is 2.50 bits per heavy atom. The zero-order valence-electron chi connectivity index (χ0n) is 6.73.